The highest BCUT2D eigenvalue weighted by atomic mass is 79.9. The average Bonchev–Trinajstić information content (AvgIpc) is 2.19. The number of hydrogen-bond donors (Lipinski definition) is 1. The molecule has 0 unspecified atom stereocenters. The van der Waals surface area contributed by atoms with Gasteiger partial charge in [0.1, 0.15) is 5.52 Å². The van der Waals surface area contributed by atoms with E-state index in [0.717, 1.165) is 4.47 Å². The Hall–Kier alpha value is -1.69. The Bertz CT molecular complexity index is 556. The molecule has 0 spiro atoms. The quantitative estimate of drug-likeness (QED) is 0.637. The van der Waals surface area contributed by atoms with Gasteiger partial charge in [0.15, 0.2) is 0 Å². The number of aromatic hydroxyl groups is 1. The monoisotopic (exact) mass is 268 g/mol. The standard InChI is InChI=1S/C9H5BrN2O3/c10-6-3-4-11-8-5(6)1-2-7(9(8)13)12(14)15/h1-4,13H. The molecular formula is C9H5BrN2O3. The van der Waals surface area contributed by atoms with E-state index in [2.05, 4.69) is 20.9 Å². The second-order valence-corrected chi connectivity index (χ2v) is 3.73. The van der Waals surface area contributed by atoms with E-state index in [1.54, 1.807) is 12.1 Å². The predicted molar refractivity (Wildman–Crippen MR) is 57.8 cm³/mol. The van der Waals surface area contributed by atoms with Gasteiger partial charge >= 0.3 is 5.69 Å². The summed E-state index contributed by atoms with van der Waals surface area (Å²) in [6.45, 7) is 0. The van der Waals surface area contributed by atoms with E-state index in [1.807, 2.05) is 0 Å². The molecule has 0 atom stereocenters. The van der Waals surface area contributed by atoms with Gasteiger partial charge in [0.25, 0.3) is 0 Å². The van der Waals surface area contributed by atoms with Crippen LogP contribution >= 0.6 is 15.9 Å². The molecule has 15 heavy (non-hydrogen) atoms. The molecular weight excluding hydrogens is 264 g/mol. The molecule has 0 saturated carbocycles. The average molecular weight is 269 g/mol. The fraction of sp³-hybridized carbons (Fsp3) is 0. The summed E-state index contributed by atoms with van der Waals surface area (Å²) < 4.78 is 0.734. The molecule has 0 fully saturated rings. The maximum absolute atomic E-state index is 10.6. The maximum atomic E-state index is 10.6. The van der Waals surface area contributed by atoms with Crippen LogP contribution in [0.3, 0.4) is 0 Å². The number of rotatable bonds is 1. The number of fused-ring (bicyclic) bond motifs is 1. The molecule has 1 aromatic carbocycles. The van der Waals surface area contributed by atoms with Gasteiger partial charge in [0.05, 0.1) is 4.92 Å². The van der Waals surface area contributed by atoms with E-state index in [-0.39, 0.29) is 11.2 Å². The van der Waals surface area contributed by atoms with E-state index >= 15 is 0 Å². The first-order valence-electron chi connectivity index (χ1n) is 4.02. The van der Waals surface area contributed by atoms with E-state index in [1.165, 1.54) is 12.3 Å². The van der Waals surface area contributed by atoms with Crippen LogP contribution in [0.25, 0.3) is 10.9 Å². The molecule has 0 radical (unpaired) electrons. The smallest absolute Gasteiger partial charge is 0.313 e. The highest BCUT2D eigenvalue weighted by Gasteiger charge is 2.17. The van der Waals surface area contributed by atoms with Crippen molar-refractivity contribution < 1.29 is 10.0 Å². The number of nitro groups is 1. The lowest BCUT2D eigenvalue weighted by Gasteiger charge is -2.02. The number of pyridine rings is 1. The molecule has 1 N–H and O–H groups in total. The van der Waals surface area contributed by atoms with Crippen molar-refractivity contribution in [2.45, 2.75) is 0 Å². The minimum absolute atomic E-state index is 0.221. The van der Waals surface area contributed by atoms with Crippen molar-refractivity contribution in [1.29, 1.82) is 0 Å². The Morgan fingerprint density at radius 3 is 2.80 bits per heavy atom. The summed E-state index contributed by atoms with van der Waals surface area (Å²) in [6, 6.07) is 4.50. The van der Waals surface area contributed by atoms with Crippen LogP contribution in [0.1, 0.15) is 0 Å². The third kappa shape index (κ3) is 1.52. The summed E-state index contributed by atoms with van der Waals surface area (Å²) in [4.78, 5) is 13.8. The Morgan fingerprint density at radius 1 is 1.40 bits per heavy atom. The van der Waals surface area contributed by atoms with E-state index in [0.29, 0.717) is 5.39 Å². The fourth-order valence-corrected chi connectivity index (χ4v) is 1.74. The minimum Gasteiger partial charge on any atom is -0.501 e. The Kier molecular flexibility index (Phi) is 2.28. The highest BCUT2D eigenvalue weighted by Crippen LogP contribution is 2.35. The Balaban J connectivity index is 2.86. The number of benzene rings is 1. The van der Waals surface area contributed by atoms with Crippen molar-refractivity contribution in [2.24, 2.45) is 0 Å². The molecule has 1 aromatic heterocycles. The van der Waals surface area contributed by atoms with E-state index in [9.17, 15) is 15.2 Å². The summed E-state index contributed by atoms with van der Waals surface area (Å²) in [7, 11) is 0. The number of halogens is 1. The topological polar surface area (TPSA) is 76.3 Å². The van der Waals surface area contributed by atoms with Gasteiger partial charge in [-0.1, -0.05) is 15.9 Å². The first-order chi connectivity index (χ1) is 7.11. The predicted octanol–water partition coefficient (Wildman–Crippen LogP) is 2.61. The third-order valence-electron chi connectivity index (χ3n) is 2.01. The maximum Gasteiger partial charge on any atom is 0.313 e. The number of phenols is 1. The Morgan fingerprint density at radius 2 is 2.13 bits per heavy atom. The molecule has 2 aromatic rings. The van der Waals surface area contributed by atoms with Crippen LogP contribution in [0.15, 0.2) is 28.9 Å². The highest BCUT2D eigenvalue weighted by molar-refractivity contribution is 9.10. The van der Waals surface area contributed by atoms with Crippen molar-refractivity contribution in [2.75, 3.05) is 0 Å². The summed E-state index contributed by atoms with van der Waals surface area (Å²) in [5.41, 5.74) is -0.119. The summed E-state index contributed by atoms with van der Waals surface area (Å²) in [6.07, 6.45) is 1.47. The molecule has 5 nitrogen and oxygen atoms in total. The molecule has 0 bridgehead atoms. The molecule has 2 rings (SSSR count). The number of phenolic OH excluding ortho intramolecular Hbond substituents is 1. The van der Waals surface area contributed by atoms with Crippen molar-refractivity contribution in [1.82, 2.24) is 4.98 Å². The number of aromatic nitrogens is 1. The molecule has 0 saturated heterocycles. The van der Waals surface area contributed by atoms with Gasteiger partial charge in [-0.2, -0.15) is 0 Å². The molecule has 1 heterocycles. The number of nitrogens with zero attached hydrogens (tertiary/aromatic N) is 2. The summed E-state index contributed by atoms with van der Waals surface area (Å²) >= 11 is 3.27. The van der Waals surface area contributed by atoms with Crippen LogP contribution in [-0.2, 0) is 0 Å². The lowest BCUT2D eigenvalue weighted by molar-refractivity contribution is -0.385. The molecule has 76 valence electrons. The zero-order chi connectivity index (χ0) is 11.0. The Labute approximate surface area is 92.6 Å². The molecule has 0 aliphatic heterocycles. The van der Waals surface area contributed by atoms with Crippen LogP contribution in [0, 0.1) is 10.1 Å². The van der Waals surface area contributed by atoms with Crippen LogP contribution in [0.5, 0.6) is 5.75 Å². The third-order valence-corrected chi connectivity index (χ3v) is 2.70. The molecule has 6 heteroatoms. The van der Waals surface area contributed by atoms with Crippen LogP contribution in [0.4, 0.5) is 5.69 Å². The molecule has 0 amide bonds. The van der Waals surface area contributed by atoms with Gasteiger partial charge in [0.2, 0.25) is 5.75 Å². The second kappa shape index (κ2) is 3.47. The van der Waals surface area contributed by atoms with Crippen molar-refractivity contribution in [3.05, 3.63) is 39.0 Å². The van der Waals surface area contributed by atoms with Gasteiger partial charge in [-0.05, 0) is 12.1 Å². The fourth-order valence-electron chi connectivity index (χ4n) is 1.31. The lowest BCUT2D eigenvalue weighted by atomic mass is 10.2. The zero-order valence-electron chi connectivity index (χ0n) is 7.35. The van der Waals surface area contributed by atoms with Gasteiger partial charge in [-0.3, -0.25) is 15.1 Å². The summed E-state index contributed by atoms with van der Waals surface area (Å²) in [5.74, 6) is -0.404. The molecule has 0 aliphatic carbocycles. The zero-order valence-corrected chi connectivity index (χ0v) is 8.93. The van der Waals surface area contributed by atoms with E-state index in [4.69, 9.17) is 0 Å². The number of nitro benzene ring substituents is 1. The van der Waals surface area contributed by atoms with E-state index < -0.39 is 10.7 Å². The number of hydrogen-bond acceptors (Lipinski definition) is 4. The van der Waals surface area contributed by atoms with Crippen molar-refractivity contribution >= 4 is 32.5 Å². The van der Waals surface area contributed by atoms with Gasteiger partial charge < -0.3 is 5.11 Å². The van der Waals surface area contributed by atoms with Gasteiger partial charge in [0, 0.05) is 22.1 Å². The second-order valence-electron chi connectivity index (χ2n) is 2.88. The largest absolute Gasteiger partial charge is 0.501 e. The van der Waals surface area contributed by atoms with Crippen LogP contribution in [0.2, 0.25) is 0 Å². The van der Waals surface area contributed by atoms with Gasteiger partial charge in [-0.15, -0.1) is 0 Å². The molecule has 0 aliphatic rings. The van der Waals surface area contributed by atoms with Crippen LogP contribution < -0.4 is 0 Å². The van der Waals surface area contributed by atoms with Gasteiger partial charge in [-0.25, -0.2) is 0 Å². The SMILES string of the molecule is O=[N+]([O-])c1ccc2c(Br)ccnc2c1O. The first-order valence-corrected chi connectivity index (χ1v) is 4.81. The first kappa shape index (κ1) is 9.85. The normalized spacial score (nSPS) is 10.5. The lowest BCUT2D eigenvalue weighted by Crippen LogP contribution is -1.90. The minimum atomic E-state index is -0.642. The van der Waals surface area contributed by atoms with Crippen molar-refractivity contribution in [3.8, 4) is 5.75 Å². The summed E-state index contributed by atoms with van der Waals surface area (Å²) in [5, 5.41) is 20.8. The van der Waals surface area contributed by atoms with Crippen molar-refractivity contribution in [3.63, 3.8) is 0 Å². The van der Waals surface area contributed by atoms with Crippen LogP contribution in [-0.4, -0.2) is 15.0 Å².